The molecular weight excluding hydrogens is 359 g/mol. The number of pyridine rings is 1. The van der Waals surface area contributed by atoms with Crippen LogP contribution in [0.2, 0.25) is 0 Å². The van der Waals surface area contributed by atoms with Crippen molar-refractivity contribution in [3.63, 3.8) is 0 Å². The average molecular weight is 374 g/mol. The lowest BCUT2D eigenvalue weighted by molar-refractivity contribution is 0.192. The van der Waals surface area contributed by atoms with Gasteiger partial charge in [0.1, 0.15) is 5.75 Å². The maximum absolute atomic E-state index is 12.2. The summed E-state index contributed by atoms with van der Waals surface area (Å²) >= 11 is 0. The van der Waals surface area contributed by atoms with Crippen LogP contribution in [0.1, 0.15) is 0 Å². The molecule has 3 rings (SSSR count). The monoisotopic (exact) mass is 374 g/mol. The molecule has 6 nitrogen and oxygen atoms in total. The number of hydrogen-bond acceptors (Lipinski definition) is 4. The van der Waals surface area contributed by atoms with Crippen LogP contribution in [-0.4, -0.2) is 19.8 Å². The van der Waals surface area contributed by atoms with Gasteiger partial charge in [0.25, 0.3) is 5.56 Å². The first-order valence-corrected chi connectivity index (χ1v) is 9.08. The summed E-state index contributed by atoms with van der Waals surface area (Å²) in [7, 11) is -3.76. The number of hydrogen-bond donors (Lipinski definition) is 1. The van der Waals surface area contributed by atoms with Crippen LogP contribution >= 0.6 is 0 Å². The van der Waals surface area contributed by atoms with E-state index < -0.39 is 16.9 Å². The second-order valence-corrected chi connectivity index (χ2v) is 7.00. The fraction of sp³-hybridized carbons (Fsp3) is 0.0556. The van der Waals surface area contributed by atoms with E-state index in [0.717, 1.165) is 11.1 Å². The molecule has 0 radical (unpaired) electrons. The van der Waals surface area contributed by atoms with Gasteiger partial charge >= 0.3 is 0 Å². The second kappa shape index (κ2) is 7.11. The van der Waals surface area contributed by atoms with Gasteiger partial charge in [0, 0.05) is 18.0 Å². The highest BCUT2D eigenvalue weighted by molar-refractivity contribution is 7.89. The van der Waals surface area contributed by atoms with E-state index in [-0.39, 0.29) is 10.5 Å². The van der Waals surface area contributed by atoms with Crippen molar-refractivity contribution in [2.75, 3.05) is 6.86 Å². The Morgan fingerprint density at radius 1 is 0.923 bits per heavy atom. The van der Waals surface area contributed by atoms with Crippen molar-refractivity contribution in [1.82, 2.24) is 4.57 Å². The zero-order valence-electron chi connectivity index (χ0n) is 13.5. The van der Waals surface area contributed by atoms with E-state index >= 15 is 0 Å². The van der Waals surface area contributed by atoms with Crippen molar-refractivity contribution in [3.05, 3.63) is 77.2 Å². The van der Waals surface area contributed by atoms with Crippen LogP contribution in [0.4, 0.5) is 4.39 Å². The number of nitrogens with two attached hydrogens (primary N) is 1. The summed E-state index contributed by atoms with van der Waals surface area (Å²) in [5.41, 5.74) is 1.79. The number of alkyl halides is 1. The minimum absolute atomic E-state index is 0.0121. The molecule has 0 unspecified atom stereocenters. The minimum Gasteiger partial charge on any atom is -0.463 e. The van der Waals surface area contributed by atoms with E-state index in [0.29, 0.717) is 11.4 Å². The van der Waals surface area contributed by atoms with E-state index in [1.54, 1.807) is 48.7 Å². The lowest BCUT2D eigenvalue weighted by atomic mass is 10.1. The summed E-state index contributed by atoms with van der Waals surface area (Å²) in [4.78, 5) is 12.2. The molecular formula is C18H15FN2O4S. The Labute approximate surface area is 149 Å². The Morgan fingerprint density at radius 3 is 2.12 bits per heavy atom. The lowest BCUT2D eigenvalue weighted by Crippen LogP contribution is -2.16. The number of aromatic nitrogens is 1. The van der Waals surface area contributed by atoms with Crippen molar-refractivity contribution >= 4 is 10.0 Å². The molecule has 0 saturated carbocycles. The number of nitrogens with zero attached hydrogens (tertiary/aromatic N) is 1. The van der Waals surface area contributed by atoms with Gasteiger partial charge in [0.2, 0.25) is 16.9 Å². The molecule has 3 aromatic rings. The number of sulfonamides is 1. The second-order valence-electron chi connectivity index (χ2n) is 5.44. The Morgan fingerprint density at radius 2 is 1.54 bits per heavy atom. The average Bonchev–Trinajstić information content (AvgIpc) is 2.63. The van der Waals surface area contributed by atoms with Crippen LogP contribution in [0.25, 0.3) is 16.8 Å². The topological polar surface area (TPSA) is 91.4 Å². The van der Waals surface area contributed by atoms with Crippen LogP contribution in [0.3, 0.4) is 0 Å². The fourth-order valence-electron chi connectivity index (χ4n) is 2.46. The predicted octanol–water partition coefficient (Wildman–Crippen LogP) is 2.46. The summed E-state index contributed by atoms with van der Waals surface area (Å²) in [6.07, 6.45) is 1.64. The first-order chi connectivity index (χ1) is 12.4. The van der Waals surface area contributed by atoms with Crippen LogP contribution < -0.4 is 15.4 Å². The van der Waals surface area contributed by atoms with Crippen molar-refractivity contribution in [1.29, 1.82) is 0 Å². The SMILES string of the molecule is NS(=O)(=O)c1ccc(-c2ccc(=O)n(-c3ccc(OCF)cc3)c2)cc1. The third kappa shape index (κ3) is 3.81. The van der Waals surface area contributed by atoms with E-state index in [1.807, 2.05) is 0 Å². The van der Waals surface area contributed by atoms with Gasteiger partial charge in [-0.3, -0.25) is 9.36 Å². The van der Waals surface area contributed by atoms with Crippen molar-refractivity contribution < 1.29 is 17.5 Å². The molecule has 1 heterocycles. The summed E-state index contributed by atoms with van der Waals surface area (Å²) in [5, 5.41) is 5.09. The maximum atomic E-state index is 12.2. The zero-order chi connectivity index (χ0) is 18.7. The Bertz CT molecular complexity index is 1080. The van der Waals surface area contributed by atoms with Gasteiger partial charge in [-0.25, -0.2) is 17.9 Å². The Balaban J connectivity index is 1.98. The minimum atomic E-state index is -3.76. The van der Waals surface area contributed by atoms with Crippen LogP contribution in [-0.2, 0) is 10.0 Å². The maximum Gasteiger partial charge on any atom is 0.255 e. The molecule has 2 N–H and O–H groups in total. The van der Waals surface area contributed by atoms with E-state index in [2.05, 4.69) is 0 Å². The van der Waals surface area contributed by atoms with Crippen LogP contribution in [0, 0.1) is 0 Å². The fourth-order valence-corrected chi connectivity index (χ4v) is 2.98. The molecule has 8 heteroatoms. The molecule has 1 aromatic heterocycles. The van der Waals surface area contributed by atoms with Gasteiger partial charge in [-0.15, -0.1) is 0 Å². The number of rotatable bonds is 5. The molecule has 134 valence electrons. The van der Waals surface area contributed by atoms with Gasteiger partial charge in [-0.2, -0.15) is 0 Å². The van der Waals surface area contributed by atoms with Crippen molar-refractivity contribution in [3.8, 4) is 22.6 Å². The summed E-state index contributed by atoms with van der Waals surface area (Å²) in [5.74, 6) is 0.360. The first kappa shape index (κ1) is 17.8. The third-order valence-electron chi connectivity index (χ3n) is 3.76. The number of ether oxygens (including phenoxy) is 1. The molecule has 2 aromatic carbocycles. The number of benzene rings is 2. The smallest absolute Gasteiger partial charge is 0.255 e. The number of primary sulfonamides is 1. The van der Waals surface area contributed by atoms with E-state index in [1.165, 1.54) is 22.8 Å². The normalized spacial score (nSPS) is 11.3. The van der Waals surface area contributed by atoms with E-state index in [9.17, 15) is 17.6 Å². The molecule has 0 spiro atoms. The summed E-state index contributed by atoms with van der Waals surface area (Å²) in [6.45, 7) is -0.927. The standard InChI is InChI=1S/C18H15FN2O4S/c19-12-25-16-6-4-15(5-7-16)21-11-14(3-10-18(21)22)13-1-8-17(9-2-13)26(20,23)24/h1-11H,12H2,(H2,20,23,24). The predicted molar refractivity (Wildman–Crippen MR) is 95.5 cm³/mol. The van der Waals surface area contributed by atoms with Crippen molar-refractivity contribution in [2.24, 2.45) is 5.14 Å². The van der Waals surface area contributed by atoms with Gasteiger partial charge in [-0.05, 0) is 53.6 Å². The highest BCUT2D eigenvalue weighted by Crippen LogP contribution is 2.21. The molecule has 0 bridgehead atoms. The molecule has 0 atom stereocenters. The van der Waals surface area contributed by atoms with Gasteiger partial charge < -0.3 is 4.74 Å². The molecule has 26 heavy (non-hydrogen) atoms. The lowest BCUT2D eigenvalue weighted by Gasteiger charge is -2.10. The Hall–Kier alpha value is -2.97. The third-order valence-corrected chi connectivity index (χ3v) is 4.69. The zero-order valence-corrected chi connectivity index (χ0v) is 14.3. The molecule has 0 saturated heterocycles. The van der Waals surface area contributed by atoms with Crippen LogP contribution in [0.5, 0.6) is 5.75 Å². The van der Waals surface area contributed by atoms with Gasteiger partial charge in [0.05, 0.1) is 4.90 Å². The van der Waals surface area contributed by atoms with Crippen LogP contribution in [0.15, 0.2) is 76.6 Å². The molecule has 0 aliphatic rings. The quantitative estimate of drug-likeness (QED) is 0.743. The molecule has 0 aliphatic heterocycles. The van der Waals surface area contributed by atoms with Gasteiger partial charge in [-0.1, -0.05) is 12.1 Å². The van der Waals surface area contributed by atoms with Gasteiger partial charge in [0.15, 0.2) is 0 Å². The summed E-state index contributed by atoms with van der Waals surface area (Å²) < 4.78 is 41.0. The highest BCUT2D eigenvalue weighted by atomic mass is 32.2. The molecule has 0 fully saturated rings. The molecule has 0 aliphatic carbocycles. The first-order valence-electron chi connectivity index (χ1n) is 7.53. The Kier molecular flexibility index (Phi) is 4.88. The largest absolute Gasteiger partial charge is 0.463 e. The van der Waals surface area contributed by atoms with E-state index in [4.69, 9.17) is 9.88 Å². The number of halogens is 1. The highest BCUT2D eigenvalue weighted by Gasteiger charge is 2.09. The molecule has 0 amide bonds. The van der Waals surface area contributed by atoms with Crippen molar-refractivity contribution in [2.45, 2.75) is 4.90 Å². The summed E-state index contributed by atoms with van der Waals surface area (Å²) in [6, 6.07) is 15.5.